The number of fused-ring (bicyclic) bond motifs is 1. The normalized spacial score (nSPS) is 15.9. The van der Waals surface area contributed by atoms with Crippen LogP contribution in [0.3, 0.4) is 0 Å². The summed E-state index contributed by atoms with van der Waals surface area (Å²) in [6.07, 6.45) is 1.52. The summed E-state index contributed by atoms with van der Waals surface area (Å²) in [7, 11) is 1.50. The zero-order valence-corrected chi connectivity index (χ0v) is 17.7. The molecule has 1 aromatic carbocycles. The molecule has 0 spiro atoms. The quantitative estimate of drug-likeness (QED) is 0.386. The minimum atomic E-state index is -0.548. The number of carbonyl (C=O) groups excluding carboxylic acids is 2. The topological polar surface area (TPSA) is 89.2 Å². The highest BCUT2D eigenvalue weighted by Gasteiger charge is 2.31. The van der Waals surface area contributed by atoms with Crippen molar-refractivity contribution in [2.75, 3.05) is 7.05 Å². The molecule has 2 aromatic heterocycles. The Bertz CT molecular complexity index is 1350. The summed E-state index contributed by atoms with van der Waals surface area (Å²) in [5, 5.41) is 3.07. The molecule has 0 aliphatic carbocycles. The van der Waals surface area contributed by atoms with Gasteiger partial charge in [0.05, 0.1) is 10.9 Å². The van der Waals surface area contributed by atoms with Crippen LogP contribution < -0.4 is 10.9 Å². The van der Waals surface area contributed by atoms with Gasteiger partial charge in [0.25, 0.3) is 17.4 Å². The summed E-state index contributed by atoms with van der Waals surface area (Å²) < 4.78 is 3.24. The van der Waals surface area contributed by atoms with Crippen molar-refractivity contribution in [3.8, 4) is 0 Å². The predicted octanol–water partition coefficient (Wildman–Crippen LogP) is 1.69. The van der Waals surface area contributed by atoms with Crippen LogP contribution in [-0.4, -0.2) is 43.2 Å². The summed E-state index contributed by atoms with van der Waals surface area (Å²) >= 11 is 4.98. The molecule has 1 aliphatic rings. The van der Waals surface area contributed by atoms with Crippen molar-refractivity contribution < 1.29 is 9.59 Å². The molecule has 1 saturated heterocycles. The second-order valence-electron chi connectivity index (χ2n) is 7.11. The Kier molecular flexibility index (Phi) is 4.62. The van der Waals surface area contributed by atoms with Gasteiger partial charge in [-0.15, -0.1) is 0 Å². The molecule has 1 fully saturated rings. The number of benzene rings is 1. The van der Waals surface area contributed by atoms with E-state index in [-0.39, 0.29) is 16.2 Å². The van der Waals surface area contributed by atoms with E-state index in [0.717, 1.165) is 5.69 Å². The molecule has 0 saturated carbocycles. The van der Waals surface area contributed by atoms with Crippen molar-refractivity contribution in [2.24, 2.45) is 0 Å². The summed E-state index contributed by atoms with van der Waals surface area (Å²) in [5.74, 6) is -0.501. The van der Waals surface area contributed by atoms with E-state index < -0.39 is 11.8 Å². The lowest BCUT2D eigenvalue weighted by atomic mass is 10.1. The summed E-state index contributed by atoms with van der Waals surface area (Å²) in [5.41, 5.74) is 2.51. The maximum atomic E-state index is 13.2. The second kappa shape index (κ2) is 7.03. The van der Waals surface area contributed by atoms with Gasteiger partial charge < -0.3 is 0 Å². The first-order valence-electron chi connectivity index (χ1n) is 9.23. The molecule has 152 valence electrons. The average Bonchev–Trinajstić information content (AvgIpc) is 2.97. The fourth-order valence-electron chi connectivity index (χ4n) is 3.60. The first-order valence-corrected chi connectivity index (χ1v) is 9.64. The van der Waals surface area contributed by atoms with Crippen LogP contribution in [0, 0.1) is 20.8 Å². The van der Waals surface area contributed by atoms with Crippen LogP contribution >= 0.6 is 12.2 Å². The largest absolute Gasteiger partial charge is 0.298 e. The van der Waals surface area contributed by atoms with E-state index in [1.807, 2.05) is 26.0 Å². The first-order chi connectivity index (χ1) is 14.2. The summed E-state index contributed by atoms with van der Waals surface area (Å²) in [6, 6.07) is 8.99. The lowest BCUT2D eigenvalue weighted by Gasteiger charge is -2.25. The minimum Gasteiger partial charge on any atom is -0.298 e. The number of likely N-dealkylation sites (N-methyl/N-ethyl adjacent to an activating group) is 1. The maximum absolute atomic E-state index is 13.2. The highest BCUT2D eigenvalue weighted by molar-refractivity contribution is 7.80. The zero-order valence-electron chi connectivity index (χ0n) is 16.9. The van der Waals surface area contributed by atoms with Crippen LogP contribution in [-0.2, 0) is 9.59 Å². The molecular weight excluding hydrogens is 402 g/mol. The van der Waals surface area contributed by atoms with Crippen LogP contribution in [0.5, 0.6) is 0 Å². The lowest BCUT2D eigenvalue weighted by Crippen LogP contribution is -2.52. The molecule has 1 aliphatic heterocycles. The van der Waals surface area contributed by atoms with Crippen LogP contribution in [0.15, 0.2) is 40.7 Å². The molecule has 30 heavy (non-hydrogen) atoms. The number of hydrogen-bond acceptors (Lipinski definition) is 5. The number of aryl methyl sites for hydroxylation is 2. The van der Waals surface area contributed by atoms with E-state index in [0.29, 0.717) is 28.0 Å². The smallest absolute Gasteiger partial charge is 0.280 e. The molecule has 3 heterocycles. The Morgan fingerprint density at radius 2 is 1.77 bits per heavy atom. The Morgan fingerprint density at radius 1 is 1.07 bits per heavy atom. The van der Waals surface area contributed by atoms with E-state index in [1.54, 1.807) is 29.8 Å². The number of rotatable bonds is 2. The van der Waals surface area contributed by atoms with Crippen LogP contribution in [0.1, 0.15) is 22.8 Å². The fourth-order valence-corrected chi connectivity index (χ4v) is 3.78. The third-order valence-electron chi connectivity index (χ3n) is 5.15. The van der Waals surface area contributed by atoms with Gasteiger partial charge in [0.1, 0.15) is 11.4 Å². The number of hydrogen-bond donors (Lipinski definition) is 1. The summed E-state index contributed by atoms with van der Waals surface area (Å²) in [6.45, 7) is 5.43. The van der Waals surface area contributed by atoms with Crippen molar-refractivity contribution >= 4 is 46.1 Å². The molecular formula is C21H19N5O3S. The van der Waals surface area contributed by atoms with Gasteiger partial charge in [-0.05, 0) is 62.8 Å². The van der Waals surface area contributed by atoms with Crippen molar-refractivity contribution in [3.05, 3.63) is 69.0 Å². The number of carbonyl (C=O) groups is 2. The Morgan fingerprint density at radius 3 is 2.50 bits per heavy atom. The van der Waals surface area contributed by atoms with Crippen LogP contribution in [0.4, 0.5) is 0 Å². The molecule has 1 N–H and O–H groups in total. The first kappa shape index (κ1) is 19.7. The molecule has 0 radical (unpaired) electrons. The number of amides is 2. The number of thiocarbonyl (C=S) groups is 1. The van der Waals surface area contributed by atoms with Crippen molar-refractivity contribution in [1.29, 1.82) is 0 Å². The standard InChI is InChI=1S/C21H19N5O3S/c1-11-9-14(10-16-18(27)23-21(30)24(4)19(16)28)12(2)25(11)26-13(3)22-17-8-6-5-7-15(17)20(26)29/h5-10H,1-4H3,(H,23,27,30). The third kappa shape index (κ3) is 2.94. The predicted molar refractivity (Wildman–Crippen MR) is 117 cm³/mol. The van der Waals surface area contributed by atoms with Gasteiger partial charge in [-0.2, -0.15) is 4.68 Å². The molecule has 4 rings (SSSR count). The van der Waals surface area contributed by atoms with Gasteiger partial charge >= 0.3 is 0 Å². The second-order valence-corrected chi connectivity index (χ2v) is 7.50. The minimum absolute atomic E-state index is 0.0212. The molecule has 0 bridgehead atoms. The SMILES string of the molecule is Cc1cc(C=C2C(=O)NC(=S)N(C)C2=O)c(C)n1-n1c(C)nc2ccccc2c1=O. The van der Waals surface area contributed by atoms with E-state index in [2.05, 4.69) is 10.3 Å². The Labute approximate surface area is 177 Å². The number of nitrogens with zero attached hydrogens (tertiary/aromatic N) is 4. The monoisotopic (exact) mass is 421 g/mol. The van der Waals surface area contributed by atoms with Crippen molar-refractivity contribution in [2.45, 2.75) is 20.8 Å². The molecule has 2 amide bonds. The molecule has 0 unspecified atom stereocenters. The number of para-hydroxylation sites is 1. The van der Waals surface area contributed by atoms with E-state index >= 15 is 0 Å². The van der Waals surface area contributed by atoms with Crippen LogP contribution in [0.2, 0.25) is 0 Å². The van der Waals surface area contributed by atoms with E-state index in [1.165, 1.54) is 22.7 Å². The van der Waals surface area contributed by atoms with Gasteiger partial charge in [-0.1, -0.05) is 12.1 Å². The highest BCUT2D eigenvalue weighted by atomic mass is 32.1. The third-order valence-corrected chi connectivity index (χ3v) is 5.53. The summed E-state index contributed by atoms with van der Waals surface area (Å²) in [4.78, 5) is 43.8. The maximum Gasteiger partial charge on any atom is 0.280 e. The fraction of sp³-hybridized carbons (Fsp3) is 0.190. The molecule has 3 aromatic rings. The Balaban J connectivity index is 1.90. The van der Waals surface area contributed by atoms with Crippen LogP contribution in [0.25, 0.3) is 17.0 Å². The lowest BCUT2D eigenvalue weighted by molar-refractivity contribution is -0.128. The van der Waals surface area contributed by atoms with Gasteiger partial charge in [-0.25, -0.2) is 4.98 Å². The number of nitrogens with one attached hydrogen (secondary N) is 1. The van der Waals surface area contributed by atoms with Crippen molar-refractivity contribution in [1.82, 2.24) is 24.6 Å². The van der Waals surface area contributed by atoms with E-state index in [4.69, 9.17) is 12.2 Å². The average molecular weight is 421 g/mol. The molecule has 8 nitrogen and oxygen atoms in total. The zero-order chi connectivity index (χ0) is 21.7. The van der Waals surface area contributed by atoms with Gasteiger partial charge in [-0.3, -0.25) is 29.3 Å². The number of aromatic nitrogens is 3. The van der Waals surface area contributed by atoms with Gasteiger partial charge in [0, 0.05) is 18.4 Å². The molecule has 9 heteroatoms. The van der Waals surface area contributed by atoms with Gasteiger partial charge in [0.15, 0.2) is 5.11 Å². The Hall–Kier alpha value is -3.59. The van der Waals surface area contributed by atoms with E-state index in [9.17, 15) is 14.4 Å². The molecule has 0 atom stereocenters. The highest BCUT2D eigenvalue weighted by Crippen LogP contribution is 2.21. The van der Waals surface area contributed by atoms with Crippen molar-refractivity contribution in [3.63, 3.8) is 0 Å². The van der Waals surface area contributed by atoms with Gasteiger partial charge in [0.2, 0.25) is 0 Å².